The van der Waals surface area contributed by atoms with Crippen LogP contribution in [0.15, 0.2) is 45.3 Å². The van der Waals surface area contributed by atoms with Gasteiger partial charge in [0.15, 0.2) is 0 Å². The molecular formula is C25H34Br2F2. The van der Waals surface area contributed by atoms with Crippen molar-refractivity contribution in [3.63, 3.8) is 0 Å². The van der Waals surface area contributed by atoms with Gasteiger partial charge in [0.1, 0.15) is 11.6 Å². The van der Waals surface area contributed by atoms with Crippen LogP contribution in [0, 0.1) is 22.5 Å². The van der Waals surface area contributed by atoms with Crippen molar-refractivity contribution in [2.75, 3.05) is 0 Å². The molecule has 0 aliphatic carbocycles. The van der Waals surface area contributed by atoms with Gasteiger partial charge in [0.05, 0.1) is 8.95 Å². The van der Waals surface area contributed by atoms with Crippen molar-refractivity contribution in [3.8, 4) is 0 Å². The Labute approximate surface area is 192 Å². The second kappa shape index (κ2) is 11.6. The highest BCUT2D eigenvalue weighted by atomic mass is 79.9. The second-order valence-electron chi connectivity index (χ2n) is 9.00. The van der Waals surface area contributed by atoms with Crippen LogP contribution in [0.2, 0.25) is 0 Å². The van der Waals surface area contributed by atoms with Crippen molar-refractivity contribution < 1.29 is 8.78 Å². The smallest absolute Gasteiger partial charge is 0.137 e. The maximum Gasteiger partial charge on any atom is 0.137 e. The van der Waals surface area contributed by atoms with E-state index >= 15 is 0 Å². The lowest BCUT2D eigenvalue weighted by Crippen LogP contribution is -2.24. The van der Waals surface area contributed by atoms with Gasteiger partial charge in [-0.25, -0.2) is 8.78 Å². The molecule has 0 saturated heterocycles. The fourth-order valence-electron chi connectivity index (χ4n) is 3.83. The molecule has 29 heavy (non-hydrogen) atoms. The van der Waals surface area contributed by atoms with Crippen molar-refractivity contribution in [3.05, 3.63) is 68.1 Å². The standard InChI is InChI=1S/C23H28Br2F2.C2H6/c1-22(2,11-9-16-5-7-18(24)20(26)13-16)15-23(3,4)12-10-17-6-8-19(25)21(27)14-17;1-2/h5-8,13-14H,9-12,15H2,1-4H3;1-2H3. The number of hydrogen-bond donors (Lipinski definition) is 0. The normalized spacial score (nSPS) is 11.8. The van der Waals surface area contributed by atoms with Gasteiger partial charge in [0, 0.05) is 0 Å². The van der Waals surface area contributed by atoms with E-state index in [1.165, 1.54) is 0 Å². The fraction of sp³-hybridized carbons (Fsp3) is 0.520. The van der Waals surface area contributed by atoms with Crippen LogP contribution in [0.25, 0.3) is 0 Å². The Hall–Kier alpha value is -0.740. The summed E-state index contributed by atoms with van der Waals surface area (Å²) < 4.78 is 28.4. The summed E-state index contributed by atoms with van der Waals surface area (Å²) in [6.07, 6.45) is 4.81. The zero-order valence-corrected chi connectivity index (χ0v) is 21.7. The van der Waals surface area contributed by atoms with E-state index in [-0.39, 0.29) is 22.5 Å². The number of rotatable bonds is 8. The largest absolute Gasteiger partial charge is 0.206 e. The Morgan fingerprint density at radius 3 is 1.34 bits per heavy atom. The molecule has 0 aromatic heterocycles. The Bertz CT molecular complexity index is 717. The maximum atomic E-state index is 13.7. The van der Waals surface area contributed by atoms with E-state index in [0.29, 0.717) is 8.95 Å². The highest BCUT2D eigenvalue weighted by molar-refractivity contribution is 9.10. The highest BCUT2D eigenvalue weighted by Crippen LogP contribution is 2.40. The second-order valence-corrected chi connectivity index (χ2v) is 10.7. The lowest BCUT2D eigenvalue weighted by atomic mass is 9.70. The summed E-state index contributed by atoms with van der Waals surface area (Å²) in [5.74, 6) is -0.403. The minimum absolute atomic E-state index is 0.151. The molecule has 2 aromatic carbocycles. The fourth-order valence-corrected chi connectivity index (χ4v) is 4.32. The molecule has 0 aliphatic rings. The third-order valence-electron chi connectivity index (χ3n) is 5.11. The summed E-state index contributed by atoms with van der Waals surface area (Å²) in [5, 5.41) is 0. The molecule has 0 amide bonds. The quantitative estimate of drug-likeness (QED) is 0.318. The van der Waals surface area contributed by atoms with Crippen LogP contribution < -0.4 is 0 Å². The molecule has 2 aromatic rings. The number of halogens is 4. The maximum absolute atomic E-state index is 13.7. The van der Waals surface area contributed by atoms with Gasteiger partial charge in [-0.15, -0.1) is 0 Å². The number of aryl methyl sites for hydroxylation is 2. The molecule has 0 N–H and O–H groups in total. The summed E-state index contributed by atoms with van der Waals surface area (Å²) in [4.78, 5) is 0. The first-order valence-electron chi connectivity index (χ1n) is 10.4. The Kier molecular flexibility index (Phi) is 10.5. The molecule has 0 aliphatic heterocycles. The average Bonchev–Trinajstić information content (AvgIpc) is 2.65. The van der Waals surface area contributed by atoms with Gasteiger partial charge in [-0.3, -0.25) is 0 Å². The monoisotopic (exact) mass is 530 g/mol. The van der Waals surface area contributed by atoms with Crippen LogP contribution in [0.5, 0.6) is 0 Å². The van der Waals surface area contributed by atoms with Crippen molar-refractivity contribution in [2.24, 2.45) is 10.8 Å². The lowest BCUT2D eigenvalue weighted by molar-refractivity contribution is 0.172. The van der Waals surface area contributed by atoms with Gasteiger partial charge in [-0.1, -0.05) is 53.7 Å². The van der Waals surface area contributed by atoms with Gasteiger partial charge in [-0.05, 0) is 110 Å². The predicted octanol–water partition coefficient (Wildman–Crippen LogP) is 9.52. The molecule has 0 fully saturated rings. The zero-order chi connectivity index (χ0) is 22.2. The van der Waals surface area contributed by atoms with Crippen LogP contribution in [-0.4, -0.2) is 0 Å². The predicted molar refractivity (Wildman–Crippen MR) is 128 cm³/mol. The molecule has 4 heteroatoms. The molecule has 0 spiro atoms. The van der Waals surface area contributed by atoms with Crippen molar-refractivity contribution >= 4 is 31.9 Å². The van der Waals surface area contributed by atoms with E-state index in [1.807, 2.05) is 26.0 Å². The van der Waals surface area contributed by atoms with E-state index in [0.717, 1.165) is 43.2 Å². The first-order valence-corrected chi connectivity index (χ1v) is 11.9. The Balaban J connectivity index is 0.00000204. The molecule has 0 saturated carbocycles. The minimum Gasteiger partial charge on any atom is -0.206 e. The first kappa shape index (κ1) is 26.3. The molecular weight excluding hydrogens is 498 g/mol. The average molecular weight is 532 g/mol. The van der Waals surface area contributed by atoms with E-state index in [9.17, 15) is 8.78 Å². The molecule has 0 nitrogen and oxygen atoms in total. The molecule has 0 atom stereocenters. The molecule has 0 unspecified atom stereocenters. The highest BCUT2D eigenvalue weighted by Gasteiger charge is 2.28. The summed E-state index contributed by atoms with van der Waals surface area (Å²) in [6.45, 7) is 13.1. The van der Waals surface area contributed by atoms with Gasteiger partial charge >= 0.3 is 0 Å². The van der Waals surface area contributed by atoms with Crippen molar-refractivity contribution in [1.29, 1.82) is 0 Å². The topological polar surface area (TPSA) is 0 Å². The minimum atomic E-state index is -0.202. The molecule has 162 valence electrons. The van der Waals surface area contributed by atoms with E-state index in [2.05, 4.69) is 59.6 Å². The van der Waals surface area contributed by atoms with Crippen molar-refractivity contribution in [1.82, 2.24) is 0 Å². The zero-order valence-electron chi connectivity index (χ0n) is 18.5. The summed E-state index contributed by atoms with van der Waals surface area (Å²) in [6, 6.07) is 10.8. The number of benzene rings is 2. The van der Waals surface area contributed by atoms with Crippen LogP contribution in [0.4, 0.5) is 8.78 Å². The third-order valence-corrected chi connectivity index (χ3v) is 6.39. The van der Waals surface area contributed by atoms with Crippen LogP contribution in [0.1, 0.15) is 71.9 Å². The van der Waals surface area contributed by atoms with Crippen LogP contribution in [0.3, 0.4) is 0 Å². The van der Waals surface area contributed by atoms with E-state index in [4.69, 9.17) is 0 Å². The van der Waals surface area contributed by atoms with Gasteiger partial charge in [0.2, 0.25) is 0 Å². The van der Waals surface area contributed by atoms with Gasteiger partial charge in [0.25, 0.3) is 0 Å². The van der Waals surface area contributed by atoms with E-state index in [1.54, 1.807) is 24.3 Å². The molecule has 0 radical (unpaired) electrons. The Morgan fingerprint density at radius 1 is 0.690 bits per heavy atom. The van der Waals surface area contributed by atoms with Gasteiger partial charge < -0.3 is 0 Å². The summed E-state index contributed by atoms with van der Waals surface area (Å²) in [5.41, 5.74) is 2.37. The number of hydrogen-bond acceptors (Lipinski definition) is 0. The van der Waals surface area contributed by atoms with Gasteiger partial charge in [-0.2, -0.15) is 0 Å². The molecule has 0 heterocycles. The third kappa shape index (κ3) is 9.29. The Morgan fingerprint density at radius 2 is 1.03 bits per heavy atom. The lowest BCUT2D eigenvalue weighted by Gasteiger charge is -2.35. The van der Waals surface area contributed by atoms with Crippen LogP contribution in [-0.2, 0) is 12.8 Å². The molecule has 2 rings (SSSR count). The van der Waals surface area contributed by atoms with Crippen LogP contribution >= 0.6 is 31.9 Å². The molecule has 0 bridgehead atoms. The van der Waals surface area contributed by atoms with E-state index < -0.39 is 0 Å². The first-order chi connectivity index (χ1) is 13.5. The SMILES string of the molecule is CC.CC(C)(CCc1ccc(Br)c(F)c1)CC(C)(C)CCc1ccc(Br)c(F)c1. The van der Waals surface area contributed by atoms with Crippen molar-refractivity contribution in [2.45, 2.75) is 73.6 Å². The summed E-state index contributed by atoms with van der Waals surface area (Å²) >= 11 is 6.41. The summed E-state index contributed by atoms with van der Waals surface area (Å²) in [7, 11) is 0.